The molecule has 0 aromatic rings. The average molecular weight is 157 g/mol. The van der Waals surface area contributed by atoms with Gasteiger partial charge in [-0.05, 0) is 48.6 Å². The third-order valence-electron chi connectivity index (χ3n) is 4.07. The van der Waals surface area contributed by atoms with E-state index in [0.29, 0.717) is 17.8 Å². The van der Waals surface area contributed by atoms with Gasteiger partial charge in [0.15, 0.2) is 0 Å². The maximum atomic E-state index is 11.0. The lowest BCUT2D eigenvalue weighted by Gasteiger charge is -2.75. The number of hydrogen-bond donors (Lipinski definition) is 0. The standard InChI is InChI=1S/C8H9ClO/c9-7(10)8-4-1-5(8)3-6(8)2-4/h4-6H,1-3H2. The molecule has 3 saturated carbocycles. The maximum Gasteiger partial charge on any atom is 0.228 e. The van der Waals surface area contributed by atoms with E-state index in [1.54, 1.807) is 0 Å². The molecule has 0 bridgehead atoms. The molecule has 10 heavy (non-hydrogen) atoms. The lowest BCUT2D eigenvalue weighted by Crippen LogP contribution is -2.73. The molecule has 0 unspecified atom stereocenters. The Morgan fingerprint density at radius 2 is 1.60 bits per heavy atom. The molecule has 0 atom stereocenters. The largest absolute Gasteiger partial charge is 0.281 e. The summed E-state index contributed by atoms with van der Waals surface area (Å²) in [4.78, 5) is 11.0. The predicted octanol–water partition coefficient (Wildman–Crippen LogP) is 1.80. The van der Waals surface area contributed by atoms with E-state index in [-0.39, 0.29) is 10.7 Å². The van der Waals surface area contributed by atoms with Crippen LogP contribution in [0.2, 0.25) is 0 Å². The van der Waals surface area contributed by atoms with Gasteiger partial charge in [-0.1, -0.05) is 0 Å². The minimum atomic E-state index is -0.0312. The summed E-state index contributed by atoms with van der Waals surface area (Å²) >= 11 is 5.55. The first-order valence-corrected chi connectivity index (χ1v) is 4.34. The number of hydrogen-bond acceptors (Lipinski definition) is 1. The summed E-state index contributed by atoms with van der Waals surface area (Å²) < 4.78 is 0. The van der Waals surface area contributed by atoms with Crippen LogP contribution in [0.25, 0.3) is 0 Å². The molecule has 54 valence electrons. The molecule has 0 heterocycles. The van der Waals surface area contributed by atoms with E-state index in [1.807, 2.05) is 0 Å². The zero-order valence-corrected chi connectivity index (χ0v) is 6.40. The summed E-state index contributed by atoms with van der Waals surface area (Å²) in [5, 5.41) is -0.0312. The zero-order valence-electron chi connectivity index (χ0n) is 5.64. The van der Waals surface area contributed by atoms with Crippen molar-refractivity contribution in [2.75, 3.05) is 0 Å². The average Bonchev–Trinajstić information content (AvgIpc) is 1.87. The van der Waals surface area contributed by atoms with Crippen molar-refractivity contribution in [3.05, 3.63) is 0 Å². The van der Waals surface area contributed by atoms with Gasteiger partial charge in [-0.3, -0.25) is 4.79 Å². The van der Waals surface area contributed by atoms with Gasteiger partial charge in [-0.15, -0.1) is 0 Å². The highest BCUT2D eigenvalue weighted by molar-refractivity contribution is 6.65. The van der Waals surface area contributed by atoms with Crippen LogP contribution < -0.4 is 0 Å². The van der Waals surface area contributed by atoms with E-state index >= 15 is 0 Å². The Balaban J connectivity index is 2.01. The quantitative estimate of drug-likeness (QED) is 0.529. The second-order valence-electron chi connectivity index (χ2n) is 4.00. The minimum absolute atomic E-state index is 0.0312. The highest BCUT2D eigenvalue weighted by Crippen LogP contribution is 2.79. The van der Waals surface area contributed by atoms with Crippen molar-refractivity contribution in [1.29, 1.82) is 0 Å². The Hall–Kier alpha value is -0.0400. The van der Waals surface area contributed by atoms with Crippen molar-refractivity contribution in [3.63, 3.8) is 0 Å². The van der Waals surface area contributed by atoms with Gasteiger partial charge in [0.05, 0.1) is 5.41 Å². The Morgan fingerprint density at radius 1 is 1.20 bits per heavy atom. The van der Waals surface area contributed by atoms with Crippen molar-refractivity contribution in [1.82, 2.24) is 0 Å². The lowest BCUT2D eigenvalue weighted by molar-refractivity contribution is -0.265. The van der Waals surface area contributed by atoms with E-state index in [0.717, 1.165) is 0 Å². The summed E-state index contributed by atoms with van der Waals surface area (Å²) in [7, 11) is 0. The molecular weight excluding hydrogens is 148 g/mol. The Kier molecular flexibility index (Phi) is 0.722. The van der Waals surface area contributed by atoms with Crippen LogP contribution in [0.3, 0.4) is 0 Å². The molecule has 0 spiro atoms. The highest BCUT2D eigenvalue weighted by Gasteiger charge is 2.76. The van der Waals surface area contributed by atoms with Crippen molar-refractivity contribution < 1.29 is 4.79 Å². The monoisotopic (exact) mass is 156 g/mol. The molecule has 3 aliphatic carbocycles. The van der Waals surface area contributed by atoms with Gasteiger partial charge in [0.2, 0.25) is 5.24 Å². The Morgan fingerprint density at radius 3 is 1.70 bits per heavy atom. The Bertz CT molecular complexity index is 191. The third-order valence-corrected chi connectivity index (χ3v) is 4.40. The summed E-state index contributed by atoms with van der Waals surface area (Å²) in [5.74, 6) is 2.09. The predicted molar refractivity (Wildman–Crippen MR) is 37.6 cm³/mol. The van der Waals surface area contributed by atoms with E-state index < -0.39 is 0 Å². The molecule has 3 rings (SSSR count). The molecule has 0 saturated heterocycles. The van der Waals surface area contributed by atoms with Gasteiger partial charge in [0, 0.05) is 0 Å². The molecule has 3 aliphatic rings. The summed E-state index contributed by atoms with van der Waals surface area (Å²) in [6.07, 6.45) is 3.86. The van der Waals surface area contributed by atoms with Crippen LogP contribution in [0.5, 0.6) is 0 Å². The van der Waals surface area contributed by atoms with Crippen LogP contribution in [-0.4, -0.2) is 5.24 Å². The van der Waals surface area contributed by atoms with Gasteiger partial charge in [-0.2, -0.15) is 0 Å². The van der Waals surface area contributed by atoms with E-state index in [9.17, 15) is 4.79 Å². The van der Waals surface area contributed by atoms with Gasteiger partial charge in [-0.25, -0.2) is 0 Å². The lowest BCUT2D eigenvalue weighted by atomic mass is 9.28. The number of rotatable bonds is 1. The van der Waals surface area contributed by atoms with Crippen LogP contribution in [0, 0.1) is 23.2 Å². The van der Waals surface area contributed by atoms with Gasteiger partial charge < -0.3 is 0 Å². The molecule has 2 heteroatoms. The number of halogens is 1. The highest BCUT2D eigenvalue weighted by atomic mass is 35.5. The first-order valence-electron chi connectivity index (χ1n) is 3.96. The first-order chi connectivity index (χ1) is 4.76. The summed E-state index contributed by atoms with van der Waals surface area (Å²) in [5.41, 5.74) is 0.0432. The fraction of sp³-hybridized carbons (Fsp3) is 0.875. The molecule has 3 fully saturated rings. The van der Waals surface area contributed by atoms with Gasteiger partial charge in [0.25, 0.3) is 0 Å². The fourth-order valence-corrected chi connectivity index (χ4v) is 3.95. The van der Waals surface area contributed by atoms with Crippen molar-refractivity contribution >= 4 is 16.8 Å². The fourth-order valence-electron chi connectivity index (χ4n) is 3.49. The molecule has 0 amide bonds. The summed E-state index contributed by atoms with van der Waals surface area (Å²) in [6.45, 7) is 0. The number of carbonyl (C=O) groups excluding carboxylic acids is 1. The smallest absolute Gasteiger partial charge is 0.228 e. The van der Waals surface area contributed by atoms with Crippen molar-refractivity contribution in [2.45, 2.75) is 19.3 Å². The molecule has 0 radical (unpaired) electrons. The van der Waals surface area contributed by atoms with Crippen LogP contribution in [0.4, 0.5) is 0 Å². The second-order valence-corrected chi connectivity index (χ2v) is 4.35. The Labute approximate surface area is 64.7 Å². The van der Waals surface area contributed by atoms with E-state index in [2.05, 4.69) is 0 Å². The molecule has 1 nitrogen and oxygen atoms in total. The maximum absolute atomic E-state index is 11.0. The topological polar surface area (TPSA) is 17.1 Å². The second kappa shape index (κ2) is 1.29. The van der Waals surface area contributed by atoms with Crippen LogP contribution in [0.1, 0.15) is 19.3 Å². The number of carbonyl (C=O) groups is 1. The zero-order chi connectivity index (χ0) is 6.93. The molecule has 0 aliphatic heterocycles. The third kappa shape index (κ3) is 0.298. The molecule has 0 aromatic carbocycles. The van der Waals surface area contributed by atoms with Gasteiger partial charge >= 0.3 is 0 Å². The normalized spacial score (nSPS) is 61.1. The van der Waals surface area contributed by atoms with E-state index in [1.165, 1.54) is 19.3 Å². The van der Waals surface area contributed by atoms with Crippen molar-refractivity contribution in [2.24, 2.45) is 23.2 Å². The van der Waals surface area contributed by atoms with Crippen molar-refractivity contribution in [3.8, 4) is 0 Å². The van der Waals surface area contributed by atoms with Crippen LogP contribution in [-0.2, 0) is 4.79 Å². The van der Waals surface area contributed by atoms with Gasteiger partial charge in [0.1, 0.15) is 0 Å². The van der Waals surface area contributed by atoms with Crippen LogP contribution in [0.15, 0.2) is 0 Å². The van der Waals surface area contributed by atoms with E-state index in [4.69, 9.17) is 11.6 Å². The molecule has 0 aromatic heterocycles. The first kappa shape index (κ1) is 5.59. The molecular formula is C8H9ClO. The molecule has 0 N–H and O–H groups in total. The SMILES string of the molecule is O=C(Cl)C12C3CC1CC2C3. The van der Waals surface area contributed by atoms with Crippen LogP contribution >= 0.6 is 11.6 Å². The summed E-state index contributed by atoms with van der Waals surface area (Å²) in [6, 6.07) is 0. The minimum Gasteiger partial charge on any atom is -0.281 e.